The van der Waals surface area contributed by atoms with E-state index in [1.54, 1.807) is 4.68 Å². The van der Waals surface area contributed by atoms with Gasteiger partial charge in [-0.15, -0.1) is 11.6 Å². The lowest BCUT2D eigenvalue weighted by Crippen LogP contribution is -2.24. The summed E-state index contributed by atoms with van der Waals surface area (Å²) in [6.45, 7) is 2.80. The Morgan fingerprint density at radius 1 is 1.33 bits per heavy atom. The highest BCUT2D eigenvalue weighted by molar-refractivity contribution is 6.20. The van der Waals surface area contributed by atoms with Gasteiger partial charge in [-0.3, -0.25) is 0 Å². The number of rotatable bonds is 5. The Morgan fingerprint density at radius 2 is 2.06 bits per heavy atom. The smallest absolute Gasteiger partial charge is 0.250 e. The van der Waals surface area contributed by atoms with Gasteiger partial charge in [-0.1, -0.05) is 23.3 Å². The molecule has 1 aromatic carbocycles. The zero-order valence-electron chi connectivity index (χ0n) is 10.5. The number of para-hydroxylation sites is 1. The Balaban J connectivity index is 2.17. The van der Waals surface area contributed by atoms with E-state index < -0.39 is 0 Å². The molecule has 0 amide bonds. The van der Waals surface area contributed by atoms with E-state index in [0.29, 0.717) is 0 Å². The van der Waals surface area contributed by atoms with E-state index in [4.69, 9.17) is 11.6 Å². The van der Waals surface area contributed by atoms with Crippen LogP contribution in [0.15, 0.2) is 30.3 Å². The van der Waals surface area contributed by atoms with Crippen molar-refractivity contribution >= 4 is 17.5 Å². The predicted molar refractivity (Wildman–Crippen MR) is 72.4 cm³/mol. The third kappa shape index (κ3) is 2.98. The van der Waals surface area contributed by atoms with Gasteiger partial charge in [0.25, 0.3) is 0 Å². The summed E-state index contributed by atoms with van der Waals surface area (Å²) in [5, 5.41) is 12.0. The normalized spacial score (nSPS) is 12.4. The van der Waals surface area contributed by atoms with Gasteiger partial charge in [0, 0.05) is 19.0 Å². The molecule has 0 aliphatic rings. The summed E-state index contributed by atoms with van der Waals surface area (Å²) >= 11 is 5.95. The third-order valence-electron chi connectivity index (χ3n) is 2.66. The zero-order chi connectivity index (χ0) is 13.0. The second-order valence-electron chi connectivity index (χ2n) is 4.22. The summed E-state index contributed by atoms with van der Waals surface area (Å²) in [6, 6.07) is 9.82. The lowest BCUT2D eigenvalue weighted by molar-refractivity contribution is 0.734. The summed E-state index contributed by atoms with van der Waals surface area (Å²) < 4.78 is 1.72. The zero-order valence-corrected chi connectivity index (χ0v) is 11.2. The molecule has 1 heterocycles. The minimum Gasteiger partial charge on any atom is -0.342 e. The van der Waals surface area contributed by atoms with Gasteiger partial charge in [0.1, 0.15) is 0 Å². The number of hydrogen-bond donors (Lipinski definition) is 0. The van der Waals surface area contributed by atoms with Crippen molar-refractivity contribution in [2.75, 3.05) is 18.5 Å². The fraction of sp³-hybridized carbons (Fsp3) is 0.417. The molecular formula is C12H16ClN5. The van der Waals surface area contributed by atoms with Gasteiger partial charge >= 0.3 is 0 Å². The van der Waals surface area contributed by atoms with Crippen LogP contribution in [0.2, 0.25) is 0 Å². The predicted octanol–water partition coefficient (Wildman–Crippen LogP) is 2.12. The average Bonchev–Trinajstić information content (AvgIpc) is 2.86. The maximum Gasteiger partial charge on any atom is 0.250 e. The first kappa shape index (κ1) is 12.8. The Morgan fingerprint density at radius 3 is 2.72 bits per heavy atom. The van der Waals surface area contributed by atoms with E-state index in [9.17, 15) is 0 Å². The minimum atomic E-state index is 0.147. The summed E-state index contributed by atoms with van der Waals surface area (Å²) in [4.78, 5) is 2.01. The molecule has 2 rings (SSSR count). The van der Waals surface area contributed by atoms with Crippen molar-refractivity contribution in [3.8, 4) is 5.69 Å². The van der Waals surface area contributed by atoms with E-state index in [1.165, 1.54) is 0 Å². The molecule has 1 unspecified atom stereocenters. The molecule has 0 saturated heterocycles. The fourth-order valence-corrected chi connectivity index (χ4v) is 1.73. The van der Waals surface area contributed by atoms with Crippen molar-refractivity contribution in [3.05, 3.63) is 30.3 Å². The molecule has 0 aliphatic carbocycles. The maximum atomic E-state index is 5.95. The van der Waals surface area contributed by atoms with Crippen LogP contribution in [-0.4, -0.2) is 39.2 Å². The van der Waals surface area contributed by atoms with Crippen LogP contribution in [0.25, 0.3) is 5.69 Å². The van der Waals surface area contributed by atoms with Gasteiger partial charge in [0.15, 0.2) is 0 Å². The Labute approximate surface area is 111 Å². The molecule has 0 spiro atoms. The first-order chi connectivity index (χ1) is 8.68. The molecule has 0 aliphatic heterocycles. The summed E-state index contributed by atoms with van der Waals surface area (Å²) in [6.07, 6.45) is 0.889. The molecule has 0 bridgehead atoms. The van der Waals surface area contributed by atoms with Gasteiger partial charge in [-0.25, -0.2) is 0 Å². The number of halogens is 1. The molecule has 1 atom stereocenters. The summed E-state index contributed by atoms with van der Waals surface area (Å²) in [7, 11) is 1.96. The van der Waals surface area contributed by atoms with Crippen molar-refractivity contribution < 1.29 is 0 Å². The van der Waals surface area contributed by atoms with E-state index in [0.717, 1.165) is 24.6 Å². The van der Waals surface area contributed by atoms with Crippen LogP contribution >= 0.6 is 11.6 Å². The number of anilines is 1. The van der Waals surface area contributed by atoms with Crippen molar-refractivity contribution in [3.63, 3.8) is 0 Å². The molecule has 5 nitrogen and oxygen atoms in total. The van der Waals surface area contributed by atoms with E-state index in [1.807, 2.05) is 49.2 Å². The lowest BCUT2D eigenvalue weighted by atomic mass is 10.3. The van der Waals surface area contributed by atoms with Crippen LogP contribution in [0.3, 0.4) is 0 Å². The Kier molecular flexibility index (Phi) is 4.15. The average molecular weight is 266 g/mol. The summed E-state index contributed by atoms with van der Waals surface area (Å²) in [5.41, 5.74) is 0.947. The third-order valence-corrected chi connectivity index (χ3v) is 2.88. The van der Waals surface area contributed by atoms with Crippen LogP contribution in [0, 0.1) is 0 Å². The topological polar surface area (TPSA) is 46.8 Å². The largest absolute Gasteiger partial charge is 0.342 e. The molecular weight excluding hydrogens is 250 g/mol. The van der Waals surface area contributed by atoms with Crippen molar-refractivity contribution in [2.45, 2.75) is 18.7 Å². The second kappa shape index (κ2) is 5.82. The number of aromatic nitrogens is 4. The Bertz CT molecular complexity index is 482. The van der Waals surface area contributed by atoms with Gasteiger partial charge in [0.05, 0.1) is 5.69 Å². The first-order valence-electron chi connectivity index (χ1n) is 5.87. The minimum absolute atomic E-state index is 0.147. The van der Waals surface area contributed by atoms with Crippen molar-refractivity contribution in [2.24, 2.45) is 0 Å². The number of tetrazole rings is 1. The number of benzene rings is 1. The molecule has 6 heteroatoms. The number of alkyl halides is 1. The van der Waals surface area contributed by atoms with Gasteiger partial charge in [-0.05, 0) is 35.9 Å². The van der Waals surface area contributed by atoms with Crippen LogP contribution in [0.5, 0.6) is 0 Å². The van der Waals surface area contributed by atoms with Crippen LogP contribution in [-0.2, 0) is 0 Å². The van der Waals surface area contributed by atoms with Gasteiger partial charge < -0.3 is 4.90 Å². The van der Waals surface area contributed by atoms with E-state index in [2.05, 4.69) is 15.5 Å². The highest BCUT2D eigenvalue weighted by atomic mass is 35.5. The molecule has 2 aromatic rings. The molecule has 18 heavy (non-hydrogen) atoms. The monoisotopic (exact) mass is 265 g/mol. The molecule has 0 N–H and O–H groups in total. The van der Waals surface area contributed by atoms with Crippen LogP contribution < -0.4 is 4.90 Å². The van der Waals surface area contributed by atoms with Gasteiger partial charge in [-0.2, -0.15) is 4.68 Å². The Hall–Kier alpha value is -1.62. The van der Waals surface area contributed by atoms with E-state index >= 15 is 0 Å². The van der Waals surface area contributed by atoms with E-state index in [-0.39, 0.29) is 5.38 Å². The molecule has 0 saturated carbocycles. The molecule has 1 aromatic heterocycles. The highest BCUT2D eigenvalue weighted by Crippen LogP contribution is 2.14. The van der Waals surface area contributed by atoms with Crippen molar-refractivity contribution in [1.82, 2.24) is 20.2 Å². The fourth-order valence-electron chi connectivity index (χ4n) is 1.63. The molecule has 0 radical (unpaired) electrons. The van der Waals surface area contributed by atoms with Crippen LogP contribution in [0.4, 0.5) is 5.95 Å². The summed E-state index contributed by atoms with van der Waals surface area (Å²) in [5.74, 6) is 0.721. The second-order valence-corrected chi connectivity index (χ2v) is 4.96. The molecule has 0 fully saturated rings. The van der Waals surface area contributed by atoms with Crippen molar-refractivity contribution in [1.29, 1.82) is 0 Å². The first-order valence-corrected chi connectivity index (χ1v) is 6.31. The standard InChI is InChI=1S/C12H16ClN5/c1-10(13)8-9-17(2)12-14-15-16-18(12)11-6-4-3-5-7-11/h3-7,10H,8-9H2,1-2H3. The SMILES string of the molecule is CC(Cl)CCN(C)c1nnnn1-c1ccccc1. The lowest BCUT2D eigenvalue weighted by Gasteiger charge is -2.18. The number of nitrogens with zero attached hydrogens (tertiary/aromatic N) is 5. The maximum absolute atomic E-state index is 5.95. The quantitative estimate of drug-likeness (QED) is 0.777. The number of hydrogen-bond acceptors (Lipinski definition) is 4. The molecule has 96 valence electrons. The highest BCUT2D eigenvalue weighted by Gasteiger charge is 2.12. The van der Waals surface area contributed by atoms with Gasteiger partial charge in [0.2, 0.25) is 5.95 Å². The van der Waals surface area contributed by atoms with Crippen LogP contribution in [0.1, 0.15) is 13.3 Å².